The van der Waals surface area contributed by atoms with Crippen molar-refractivity contribution >= 4 is 0 Å². The van der Waals surface area contributed by atoms with Crippen LogP contribution in [0.4, 0.5) is 0 Å². The first-order valence-corrected chi connectivity index (χ1v) is 5.72. The van der Waals surface area contributed by atoms with Crippen LogP contribution in [-0.4, -0.2) is 43.5 Å². The van der Waals surface area contributed by atoms with Crippen molar-refractivity contribution in [1.29, 1.82) is 5.26 Å². The van der Waals surface area contributed by atoms with Crippen molar-refractivity contribution in [1.82, 2.24) is 4.90 Å². The summed E-state index contributed by atoms with van der Waals surface area (Å²) in [4.78, 5) is 2.35. The summed E-state index contributed by atoms with van der Waals surface area (Å²) in [5.74, 6) is -0.315. The number of ether oxygens (including phenoxy) is 2. The van der Waals surface area contributed by atoms with Crippen molar-refractivity contribution in [3.05, 3.63) is 0 Å². The number of rotatable bonds is 3. The van der Waals surface area contributed by atoms with Crippen LogP contribution in [0.3, 0.4) is 0 Å². The summed E-state index contributed by atoms with van der Waals surface area (Å²) < 4.78 is 11.4. The van der Waals surface area contributed by atoms with E-state index in [0.717, 1.165) is 52.1 Å². The molecule has 0 aromatic heterocycles. The smallest absolute Gasteiger partial charge is 0.181 e. The maximum atomic E-state index is 8.48. The summed E-state index contributed by atoms with van der Waals surface area (Å²) in [6, 6.07) is 2.18. The fourth-order valence-electron chi connectivity index (χ4n) is 2.38. The topological polar surface area (TPSA) is 45.5 Å². The van der Waals surface area contributed by atoms with E-state index >= 15 is 0 Å². The largest absolute Gasteiger partial charge is 0.346 e. The second-order valence-corrected chi connectivity index (χ2v) is 4.25. The molecule has 2 aliphatic heterocycles. The standard InChI is InChI=1S/C11H18N2O2/c12-5-1-2-6-13-7-3-4-11(10-13)14-8-9-15-11/h1-4,6-10H2. The van der Waals surface area contributed by atoms with Gasteiger partial charge in [-0.25, -0.2) is 0 Å². The summed E-state index contributed by atoms with van der Waals surface area (Å²) in [7, 11) is 0. The van der Waals surface area contributed by atoms with Gasteiger partial charge in [0.1, 0.15) is 0 Å². The molecule has 0 radical (unpaired) electrons. The molecule has 0 atom stereocenters. The lowest BCUT2D eigenvalue weighted by atomic mass is 10.0. The molecule has 0 aromatic rings. The minimum absolute atomic E-state index is 0.315. The lowest BCUT2D eigenvalue weighted by molar-refractivity contribution is -0.189. The normalized spacial score (nSPS) is 25.5. The number of hydrogen-bond donors (Lipinski definition) is 0. The minimum atomic E-state index is -0.315. The van der Waals surface area contributed by atoms with Crippen LogP contribution >= 0.6 is 0 Å². The Hall–Kier alpha value is -0.630. The highest BCUT2D eigenvalue weighted by Crippen LogP contribution is 2.29. The maximum absolute atomic E-state index is 8.48. The Morgan fingerprint density at radius 3 is 2.87 bits per heavy atom. The van der Waals surface area contributed by atoms with E-state index in [0.29, 0.717) is 6.42 Å². The number of likely N-dealkylation sites (tertiary alicyclic amines) is 1. The van der Waals surface area contributed by atoms with Crippen LogP contribution in [0.2, 0.25) is 0 Å². The van der Waals surface area contributed by atoms with Gasteiger partial charge in [0.2, 0.25) is 0 Å². The zero-order chi connectivity index (χ0) is 10.6. The lowest BCUT2D eigenvalue weighted by Gasteiger charge is -2.38. The summed E-state index contributed by atoms with van der Waals surface area (Å²) >= 11 is 0. The second-order valence-electron chi connectivity index (χ2n) is 4.25. The van der Waals surface area contributed by atoms with Crippen molar-refractivity contribution in [2.24, 2.45) is 0 Å². The Kier molecular flexibility index (Phi) is 3.57. The SMILES string of the molecule is N#CCCCN1CCCC2(C1)OCCO2. The molecule has 0 N–H and O–H groups in total. The first-order valence-electron chi connectivity index (χ1n) is 5.72. The monoisotopic (exact) mass is 210 g/mol. The van der Waals surface area contributed by atoms with Crippen molar-refractivity contribution in [2.75, 3.05) is 32.8 Å². The summed E-state index contributed by atoms with van der Waals surface area (Å²) in [5, 5.41) is 8.48. The van der Waals surface area contributed by atoms with Crippen LogP contribution in [0, 0.1) is 11.3 Å². The van der Waals surface area contributed by atoms with Crippen molar-refractivity contribution in [3.8, 4) is 6.07 Å². The average Bonchev–Trinajstić information content (AvgIpc) is 2.67. The molecule has 0 aromatic carbocycles. The zero-order valence-corrected chi connectivity index (χ0v) is 9.07. The Labute approximate surface area is 90.8 Å². The second kappa shape index (κ2) is 4.93. The summed E-state index contributed by atoms with van der Waals surface area (Å²) in [6.07, 6.45) is 3.74. The Balaban J connectivity index is 1.79. The number of nitriles is 1. The lowest BCUT2D eigenvalue weighted by Crippen LogP contribution is -2.49. The maximum Gasteiger partial charge on any atom is 0.181 e. The Morgan fingerprint density at radius 1 is 1.33 bits per heavy atom. The molecular weight excluding hydrogens is 192 g/mol. The van der Waals surface area contributed by atoms with Gasteiger partial charge in [-0.1, -0.05) is 0 Å². The van der Waals surface area contributed by atoms with Gasteiger partial charge < -0.3 is 9.47 Å². The highest BCUT2D eigenvalue weighted by molar-refractivity contribution is 4.84. The Bertz CT molecular complexity index is 243. The Morgan fingerprint density at radius 2 is 2.13 bits per heavy atom. The fraction of sp³-hybridized carbons (Fsp3) is 0.909. The van der Waals surface area contributed by atoms with Gasteiger partial charge in [0.05, 0.1) is 25.8 Å². The molecule has 4 nitrogen and oxygen atoms in total. The van der Waals surface area contributed by atoms with E-state index < -0.39 is 0 Å². The first kappa shape index (κ1) is 10.9. The number of piperidine rings is 1. The molecule has 2 rings (SSSR count). The van der Waals surface area contributed by atoms with E-state index in [-0.39, 0.29) is 5.79 Å². The predicted octanol–water partition coefficient (Wildman–Crippen LogP) is 1.13. The van der Waals surface area contributed by atoms with Crippen LogP contribution in [0.1, 0.15) is 25.7 Å². The molecule has 2 saturated heterocycles. The molecule has 2 aliphatic rings. The van der Waals surface area contributed by atoms with E-state index in [4.69, 9.17) is 14.7 Å². The van der Waals surface area contributed by atoms with Crippen LogP contribution in [0.5, 0.6) is 0 Å². The highest BCUT2D eigenvalue weighted by Gasteiger charge is 2.40. The predicted molar refractivity (Wildman–Crippen MR) is 55.2 cm³/mol. The molecule has 1 spiro atoms. The van der Waals surface area contributed by atoms with E-state index in [2.05, 4.69) is 11.0 Å². The molecule has 2 heterocycles. The molecule has 0 bridgehead atoms. The average molecular weight is 210 g/mol. The molecule has 0 aliphatic carbocycles. The third-order valence-electron chi connectivity index (χ3n) is 3.07. The van der Waals surface area contributed by atoms with Gasteiger partial charge in [0, 0.05) is 12.8 Å². The summed E-state index contributed by atoms with van der Waals surface area (Å²) in [6.45, 7) is 4.43. The van der Waals surface area contributed by atoms with Crippen LogP contribution in [-0.2, 0) is 9.47 Å². The van der Waals surface area contributed by atoms with E-state index in [1.165, 1.54) is 0 Å². The zero-order valence-electron chi connectivity index (χ0n) is 9.07. The quantitative estimate of drug-likeness (QED) is 0.655. The molecule has 0 unspecified atom stereocenters. The minimum Gasteiger partial charge on any atom is -0.346 e. The molecular formula is C11H18N2O2. The van der Waals surface area contributed by atoms with Gasteiger partial charge >= 0.3 is 0 Å². The third kappa shape index (κ3) is 2.69. The third-order valence-corrected chi connectivity index (χ3v) is 3.07. The molecule has 15 heavy (non-hydrogen) atoms. The van der Waals surface area contributed by atoms with Gasteiger partial charge in [-0.15, -0.1) is 0 Å². The van der Waals surface area contributed by atoms with Gasteiger partial charge in [0.15, 0.2) is 5.79 Å². The molecule has 0 saturated carbocycles. The van der Waals surface area contributed by atoms with Gasteiger partial charge in [-0.3, -0.25) is 4.90 Å². The molecule has 4 heteroatoms. The fourth-order valence-corrected chi connectivity index (χ4v) is 2.38. The van der Waals surface area contributed by atoms with Crippen LogP contribution in [0.25, 0.3) is 0 Å². The number of nitrogens with zero attached hydrogens (tertiary/aromatic N) is 2. The highest BCUT2D eigenvalue weighted by atomic mass is 16.7. The van der Waals surface area contributed by atoms with Crippen LogP contribution < -0.4 is 0 Å². The van der Waals surface area contributed by atoms with Crippen molar-refractivity contribution < 1.29 is 9.47 Å². The molecule has 2 fully saturated rings. The van der Waals surface area contributed by atoms with Crippen molar-refractivity contribution in [2.45, 2.75) is 31.5 Å². The van der Waals surface area contributed by atoms with Crippen molar-refractivity contribution in [3.63, 3.8) is 0 Å². The van der Waals surface area contributed by atoms with Gasteiger partial charge in [-0.2, -0.15) is 5.26 Å². The van der Waals surface area contributed by atoms with E-state index in [1.807, 2.05) is 0 Å². The van der Waals surface area contributed by atoms with Gasteiger partial charge in [0.25, 0.3) is 0 Å². The van der Waals surface area contributed by atoms with E-state index in [9.17, 15) is 0 Å². The first-order chi connectivity index (χ1) is 7.35. The number of hydrogen-bond acceptors (Lipinski definition) is 4. The van der Waals surface area contributed by atoms with Crippen LogP contribution in [0.15, 0.2) is 0 Å². The van der Waals surface area contributed by atoms with Gasteiger partial charge in [-0.05, 0) is 25.9 Å². The van der Waals surface area contributed by atoms with E-state index in [1.54, 1.807) is 0 Å². The molecule has 0 amide bonds. The summed E-state index contributed by atoms with van der Waals surface area (Å²) in [5.41, 5.74) is 0. The molecule has 84 valence electrons. The number of unbranched alkanes of at least 4 members (excludes halogenated alkanes) is 1.